The van der Waals surface area contributed by atoms with Gasteiger partial charge in [-0.1, -0.05) is 0 Å². The van der Waals surface area contributed by atoms with Crippen molar-refractivity contribution < 1.29 is 28.9 Å². The van der Waals surface area contributed by atoms with Crippen molar-refractivity contribution in [2.75, 3.05) is 34.5 Å². The Balaban J connectivity index is 3.54. The lowest BCUT2D eigenvalue weighted by Gasteiger charge is -2.30. The van der Waals surface area contributed by atoms with Crippen LogP contribution in [0.15, 0.2) is 16.6 Å². The van der Waals surface area contributed by atoms with Gasteiger partial charge >= 0.3 is 5.97 Å². The summed E-state index contributed by atoms with van der Waals surface area (Å²) < 4.78 is 15.4. The number of halogens is 1. The van der Waals surface area contributed by atoms with E-state index in [1.165, 1.54) is 33.5 Å². The van der Waals surface area contributed by atoms with E-state index >= 15 is 0 Å². The van der Waals surface area contributed by atoms with E-state index in [4.69, 9.17) is 14.2 Å². The minimum Gasteiger partial charge on any atom is -0.506 e. The number of hydrogen-bond donors (Lipinski definition) is 1. The highest BCUT2D eigenvalue weighted by Crippen LogP contribution is 2.35. The second kappa shape index (κ2) is 7.53. The standard InChI is InChI=1S/C14H17BrO6/c1-19-7-14(8-20-2,13(18)21-3)10-4-9(6-16)12(17)11(15)5-10/h4-6,17H,7-8H2,1-3H3. The average molecular weight is 361 g/mol. The Labute approximate surface area is 131 Å². The second-order valence-electron chi connectivity index (χ2n) is 4.45. The summed E-state index contributed by atoms with van der Waals surface area (Å²) in [5.74, 6) is -0.747. The van der Waals surface area contributed by atoms with Crippen molar-refractivity contribution in [3.8, 4) is 5.75 Å². The Morgan fingerprint density at radius 1 is 1.29 bits per heavy atom. The van der Waals surface area contributed by atoms with Gasteiger partial charge in [0.1, 0.15) is 11.2 Å². The summed E-state index contributed by atoms with van der Waals surface area (Å²) in [4.78, 5) is 23.3. The zero-order chi connectivity index (χ0) is 16.0. The number of benzene rings is 1. The van der Waals surface area contributed by atoms with Gasteiger partial charge < -0.3 is 19.3 Å². The highest BCUT2D eigenvalue weighted by molar-refractivity contribution is 9.10. The molecule has 1 aromatic carbocycles. The largest absolute Gasteiger partial charge is 0.506 e. The molecule has 0 heterocycles. The number of phenolic OH excluding ortho intramolecular Hbond substituents is 1. The molecule has 6 nitrogen and oxygen atoms in total. The van der Waals surface area contributed by atoms with Gasteiger partial charge in [0.05, 0.1) is 30.4 Å². The molecule has 0 bridgehead atoms. The van der Waals surface area contributed by atoms with E-state index in [0.29, 0.717) is 16.3 Å². The third kappa shape index (κ3) is 3.42. The third-order valence-corrected chi connectivity index (χ3v) is 3.73. The predicted molar refractivity (Wildman–Crippen MR) is 78.6 cm³/mol. The Bertz CT molecular complexity index is 522. The molecule has 0 unspecified atom stereocenters. The van der Waals surface area contributed by atoms with Gasteiger partial charge in [0.2, 0.25) is 0 Å². The second-order valence-corrected chi connectivity index (χ2v) is 5.31. The van der Waals surface area contributed by atoms with Gasteiger partial charge in [0.15, 0.2) is 6.29 Å². The number of aldehydes is 1. The SMILES string of the molecule is COCC(COC)(C(=O)OC)c1cc(Br)c(O)c(C=O)c1. The van der Waals surface area contributed by atoms with E-state index in [2.05, 4.69) is 15.9 Å². The van der Waals surface area contributed by atoms with Crippen LogP contribution in [-0.2, 0) is 24.4 Å². The highest BCUT2D eigenvalue weighted by Gasteiger charge is 2.42. The number of phenols is 1. The van der Waals surface area contributed by atoms with Crippen molar-refractivity contribution in [2.45, 2.75) is 5.41 Å². The molecule has 0 saturated heterocycles. The van der Waals surface area contributed by atoms with Gasteiger partial charge in [0, 0.05) is 14.2 Å². The number of aromatic hydroxyl groups is 1. The molecule has 0 radical (unpaired) electrons. The molecule has 0 amide bonds. The smallest absolute Gasteiger partial charge is 0.321 e. The highest BCUT2D eigenvalue weighted by atomic mass is 79.9. The van der Waals surface area contributed by atoms with E-state index < -0.39 is 11.4 Å². The molecular weight excluding hydrogens is 344 g/mol. The first-order valence-corrected chi connectivity index (χ1v) is 6.80. The topological polar surface area (TPSA) is 82.1 Å². The maximum absolute atomic E-state index is 12.3. The van der Waals surface area contributed by atoms with Crippen LogP contribution in [0.4, 0.5) is 0 Å². The number of rotatable bonds is 7. The fraction of sp³-hybridized carbons (Fsp3) is 0.429. The molecular formula is C14H17BrO6. The summed E-state index contributed by atoms with van der Waals surface area (Å²) in [6.07, 6.45) is 0.505. The van der Waals surface area contributed by atoms with Gasteiger partial charge in [-0.15, -0.1) is 0 Å². The number of methoxy groups -OCH3 is 3. The van der Waals surface area contributed by atoms with E-state index in [-0.39, 0.29) is 24.5 Å². The summed E-state index contributed by atoms with van der Waals surface area (Å²) >= 11 is 3.16. The Kier molecular flexibility index (Phi) is 6.32. The quantitative estimate of drug-likeness (QED) is 0.588. The van der Waals surface area contributed by atoms with Crippen molar-refractivity contribution in [1.29, 1.82) is 0 Å². The normalized spacial score (nSPS) is 11.2. The number of hydrogen-bond acceptors (Lipinski definition) is 6. The monoisotopic (exact) mass is 360 g/mol. The predicted octanol–water partition coefficient (Wildman–Crippen LogP) is 1.67. The van der Waals surface area contributed by atoms with Crippen LogP contribution in [0.1, 0.15) is 15.9 Å². The van der Waals surface area contributed by atoms with Crippen LogP contribution in [0, 0.1) is 0 Å². The van der Waals surface area contributed by atoms with E-state index in [0.717, 1.165) is 0 Å². The molecule has 0 atom stereocenters. The minimum atomic E-state index is -1.23. The molecule has 0 spiro atoms. The number of ether oxygens (including phenoxy) is 3. The van der Waals surface area contributed by atoms with Gasteiger partial charge in [0.25, 0.3) is 0 Å². The van der Waals surface area contributed by atoms with Crippen molar-refractivity contribution >= 4 is 28.2 Å². The summed E-state index contributed by atoms with van der Waals surface area (Å²) in [7, 11) is 4.16. The van der Waals surface area contributed by atoms with E-state index in [1.54, 1.807) is 0 Å². The molecule has 116 valence electrons. The molecule has 21 heavy (non-hydrogen) atoms. The Morgan fingerprint density at radius 2 is 1.86 bits per heavy atom. The number of carbonyl (C=O) groups excluding carboxylic acids is 2. The molecule has 1 rings (SSSR count). The van der Waals surface area contributed by atoms with E-state index in [9.17, 15) is 14.7 Å². The van der Waals surface area contributed by atoms with Crippen LogP contribution in [0.25, 0.3) is 0 Å². The van der Waals surface area contributed by atoms with Crippen molar-refractivity contribution in [1.82, 2.24) is 0 Å². The fourth-order valence-electron chi connectivity index (χ4n) is 2.12. The molecule has 0 saturated carbocycles. The van der Waals surface area contributed by atoms with Gasteiger partial charge in [-0.05, 0) is 33.6 Å². The maximum atomic E-state index is 12.3. The summed E-state index contributed by atoms with van der Waals surface area (Å²) in [6.45, 7) is 0.00600. The first-order valence-electron chi connectivity index (χ1n) is 6.01. The first-order chi connectivity index (χ1) is 9.96. The van der Waals surface area contributed by atoms with Crippen molar-refractivity contribution in [2.24, 2.45) is 0 Å². The van der Waals surface area contributed by atoms with Crippen LogP contribution in [0.5, 0.6) is 5.75 Å². The molecule has 0 aliphatic carbocycles. The summed E-state index contributed by atoms with van der Waals surface area (Å²) in [6, 6.07) is 2.96. The van der Waals surface area contributed by atoms with Crippen molar-refractivity contribution in [3.63, 3.8) is 0 Å². The Morgan fingerprint density at radius 3 is 2.29 bits per heavy atom. The average Bonchev–Trinajstić information content (AvgIpc) is 2.48. The first kappa shape index (κ1) is 17.6. The minimum absolute atomic E-state index is 0.00300. The zero-order valence-corrected chi connectivity index (χ0v) is 13.6. The van der Waals surface area contributed by atoms with Crippen LogP contribution in [0.3, 0.4) is 0 Å². The Hall–Kier alpha value is -1.44. The molecule has 0 aromatic heterocycles. The van der Waals surface area contributed by atoms with Crippen molar-refractivity contribution in [3.05, 3.63) is 27.7 Å². The summed E-state index contributed by atoms with van der Waals surface area (Å²) in [5.41, 5.74) is -0.726. The molecule has 7 heteroatoms. The molecule has 0 aliphatic rings. The van der Waals surface area contributed by atoms with Crippen LogP contribution >= 0.6 is 15.9 Å². The van der Waals surface area contributed by atoms with Gasteiger partial charge in [-0.25, -0.2) is 0 Å². The molecule has 0 aliphatic heterocycles. The zero-order valence-electron chi connectivity index (χ0n) is 12.0. The molecule has 1 aromatic rings. The third-order valence-electron chi connectivity index (χ3n) is 3.13. The molecule has 0 fully saturated rings. The number of carbonyl (C=O) groups is 2. The number of esters is 1. The van der Waals surface area contributed by atoms with Crippen LogP contribution in [-0.4, -0.2) is 51.9 Å². The maximum Gasteiger partial charge on any atom is 0.321 e. The van der Waals surface area contributed by atoms with E-state index in [1.807, 2.05) is 0 Å². The van der Waals surface area contributed by atoms with Crippen LogP contribution in [0.2, 0.25) is 0 Å². The van der Waals surface area contributed by atoms with Gasteiger partial charge in [-0.2, -0.15) is 0 Å². The lowest BCUT2D eigenvalue weighted by atomic mass is 9.81. The van der Waals surface area contributed by atoms with Crippen LogP contribution < -0.4 is 0 Å². The van der Waals surface area contributed by atoms with Gasteiger partial charge in [-0.3, -0.25) is 9.59 Å². The lowest BCUT2D eigenvalue weighted by molar-refractivity contribution is -0.152. The summed E-state index contributed by atoms with van der Waals surface area (Å²) in [5, 5.41) is 9.79. The fourth-order valence-corrected chi connectivity index (χ4v) is 2.59. The molecule has 1 N–H and O–H groups in total. The lowest BCUT2D eigenvalue weighted by Crippen LogP contribution is -2.45.